The smallest absolute Gasteiger partial charge is 0.206 e. The van der Waals surface area contributed by atoms with Gasteiger partial charge in [0, 0.05) is 11.6 Å². The second-order valence-electron chi connectivity index (χ2n) is 4.15. The molecule has 2 aromatic carbocycles. The fourth-order valence-corrected chi connectivity index (χ4v) is 1.72. The third-order valence-electron chi connectivity index (χ3n) is 2.64. The number of ketones is 1. The maximum Gasteiger partial charge on any atom is 0.206 e. The Morgan fingerprint density at radius 2 is 1.76 bits per heavy atom. The summed E-state index contributed by atoms with van der Waals surface area (Å²) in [5.41, 5.74) is -0.695. The van der Waals surface area contributed by atoms with Crippen LogP contribution in [0.5, 0.6) is 5.75 Å². The number of hydrogen-bond acceptors (Lipinski definition) is 3. The number of carbonyl (C=O) groups excluding carboxylic acids is 2. The Kier molecular flexibility index (Phi) is 4.37. The molecule has 0 aromatic heterocycles. The lowest BCUT2D eigenvalue weighted by Crippen LogP contribution is -2.15. The van der Waals surface area contributed by atoms with E-state index in [1.165, 1.54) is 6.07 Å². The second-order valence-corrected chi connectivity index (χ2v) is 4.15. The highest BCUT2D eigenvalue weighted by molar-refractivity contribution is 5.97. The summed E-state index contributed by atoms with van der Waals surface area (Å²) in [5, 5.41) is 0. The predicted octanol–water partition coefficient (Wildman–Crippen LogP) is 3.18. The van der Waals surface area contributed by atoms with Crippen molar-refractivity contribution in [3.8, 4) is 5.75 Å². The number of rotatable bonds is 5. The Morgan fingerprint density at radius 1 is 1.10 bits per heavy atom. The molecule has 0 radical (unpaired) electrons. The summed E-state index contributed by atoms with van der Waals surface area (Å²) in [7, 11) is 0. The molecule has 0 spiro atoms. The first-order chi connectivity index (χ1) is 10.0. The molecule has 0 N–H and O–H groups in total. The molecule has 0 aliphatic rings. The molecule has 0 unspecified atom stereocenters. The Morgan fingerprint density at radius 3 is 2.38 bits per heavy atom. The Balaban J connectivity index is 2.15. The van der Waals surface area contributed by atoms with Crippen molar-refractivity contribution < 1.29 is 27.5 Å². The molecular weight excluding hydrogens is 285 g/mol. The highest BCUT2D eigenvalue weighted by Crippen LogP contribution is 2.17. The van der Waals surface area contributed by atoms with Crippen molar-refractivity contribution in [3.63, 3.8) is 0 Å². The van der Waals surface area contributed by atoms with E-state index in [1.54, 1.807) is 0 Å². The highest BCUT2D eigenvalue weighted by Gasteiger charge is 2.17. The maximum absolute atomic E-state index is 13.4. The molecule has 0 heterocycles. The number of hydrogen-bond donors (Lipinski definition) is 0. The lowest BCUT2D eigenvalue weighted by molar-refractivity contribution is 0.0912. The zero-order valence-corrected chi connectivity index (χ0v) is 10.6. The number of aldehydes is 1. The van der Waals surface area contributed by atoms with E-state index in [0.29, 0.717) is 6.29 Å². The number of ether oxygens (including phenoxy) is 1. The Labute approximate surface area is 118 Å². The van der Waals surface area contributed by atoms with Crippen LogP contribution in [0.2, 0.25) is 0 Å². The Hall–Kier alpha value is -2.63. The van der Waals surface area contributed by atoms with Gasteiger partial charge in [-0.3, -0.25) is 9.59 Å². The van der Waals surface area contributed by atoms with Crippen LogP contribution in [0, 0.1) is 17.5 Å². The molecule has 2 rings (SSSR count). The van der Waals surface area contributed by atoms with Crippen LogP contribution >= 0.6 is 0 Å². The first-order valence-corrected chi connectivity index (χ1v) is 5.87. The Bertz CT molecular complexity index is 678. The normalized spacial score (nSPS) is 10.2. The monoisotopic (exact) mass is 294 g/mol. The molecule has 3 nitrogen and oxygen atoms in total. The highest BCUT2D eigenvalue weighted by atomic mass is 19.1. The van der Waals surface area contributed by atoms with E-state index in [9.17, 15) is 22.8 Å². The van der Waals surface area contributed by atoms with Crippen molar-refractivity contribution in [1.29, 1.82) is 0 Å². The lowest BCUT2D eigenvalue weighted by Gasteiger charge is -2.07. The van der Waals surface area contributed by atoms with E-state index in [0.717, 1.165) is 30.3 Å². The summed E-state index contributed by atoms with van der Waals surface area (Å²) in [5.74, 6) is -3.74. The summed E-state index contributed by atoms with van der Waals surface area (Å²) in [6.07, 6.45) is 0.411. The summed E-state index contributed by atoms with van der Waals surface area (Å²) in [6.45, 7) is -0.681. The van der Waals surface area contributed by atoms with Crippen LogP contribution in [0.3, 0.4) is 0 Å². The minimum Gasteiger partial charge on any atom is -0.485 e. The molecule has 0 atom stereocenters. The summed E-state index contributed by atoms with van der Waals surface area (Å²) in [4.78, 5) is 22.3. The van der Waals surface area contributed by atoms with Crippen LogP contribution in [0.15, 0.2) is 36.4 Å². The second kappa shape index (κ2) is 6.21. The largest absolute Gasteiger partial charge is 0.485 e. The van der Waals surface area contributed by atoms with Gasteiger partial charge in [0.15, 0.2) is 6.61 Å². The average molecular weight is 294 g/mol. The van der Waals surface area contributed by atoms with Crippen LogP contribution < -0.4 is 4.74 Å². The van der Waals surface area contributed by atoms with E-state index in [2.05, 4.69) is 0 Å². The van der Waals surface area contributed by atoms with Gasteiger partial charge >= 0.3 is 0 Å². The van der Waals surface area contributed by atoms with Gasteiger partial charge in [-0.2, -0.15) is 0 Å². The van der Waals surface area contributed by atoms with Crippen LogP contribution in [0.25, 0.3) is 0 Å². The van der Waals surface area contributed by atoms with Gasteiger partial charge in [-0.1, -0.05) is 6.07 Å². The molecule has 21 heavy (non-hydrogen) atoms. The van der Waals surface area contributed by atoms with Gasteiger partial charge in [-0.25, -0.2) is 13.2 Å². The van der Waals surface area contributed by atoms with Crippen molar-refractivity contribution in [2.45, 2.75) is 0 Å². The first kappa shape index (κ1) is 14.8. The topological polar surface area (TPSA) is 43.4 Å². The molecule has 2 aromatic rings. The maximum atomic E-state index is 13.4. The van der Waals surface area contributed by atoms with Crippen molar-refractivity contribution >= 4 is 12.1 Å². The third kappa shape index (κ3) is 3.47. The number of Topliss-reactive ketones (excluding diaryl/α,β-unsaturated/α-hetero) is 1. The molecular formula is C15H9F3O3. The van der Waals surface area contributed by atoms with Crippen molar-refractivity contribution in [3.05, 3.63) is 65.0 Å². The number of halogens is 3. The van der Waals surface area contributed by atoms with Gasteiger partial charge in [0.2, 0.25) is 5.78 Å². The van der Waals surface area contributed by atoms with Gasteiger partial charge in [-0.05, 0) is 24.3 Å². The van der Waals surface area contributed by atoms with E-state index < -0.39 is 35.4 Å². The predicted molar refractivity (Wildman–Crippen MR) is 68.0 cm³/mol. The molecule has 0 amide bonds. The summed E-state index contributed by atoms with van der Waals surface area (Å²) in [6, 6.07) is 6.18. The van der Waals surface area contributed by atoms with Gasteiger partial charge in [0.05, 0.1) is 5.56 Å². The van der Waals surface area contributed by atoms with E-state index in [4.69, 9.17) is 4.74 Å². The van der Waals surface area contributed by atoms with E-state index >= 15 is 0 Å². The molecule has 0 fully saturated rings. The summed E-state index contributed by atoms with van der Waals surface area (Å²) < 4.78 is 44.9. The molecule has 0 aliphatic carbocycles. The summed E-state index contributed by atoms with van der Waals surface area (Å²) >= 11 is 0. The fourth-order valence-electron chi connectivity index (χ4n) is 1.72. The molecule has 0 bridgehead atoms. The third-order valence-corrected chi connectivity index (χ3v) is 2.64. The van der Waals surface area contributed by atoms with Gasteiger partial charge in [0.25, 0.3) is 0 Å². The minimum absolute atomic E-state index is 0.0227. The molecule has 0 aliphatic heterocycles. The standard InChI is InChI=1S/C15H9F3O3/c16-10-4-9(7-19)5-11(6-10)21-8-14(20)15-12(17)2-1-3-13(15)18/h1-7H,8H2. The van der Waals surface area contributed by atoms with E-state index in [1.807, 2.05) is 0 Å². The molecule has 108 valence electrons. The van der Waals surface area contributed by atoms with Crippen molar-refractivity contribution in [2.24, 2.45) is 0 Å². The quantitative estimate of drug-likeness (QED) is 0.628. The van der Waals surface area contributed by atoms with E-state index in [-0.39, 0.29) is 11.3 Å². The molecule has 0 saturated heterocycles. The number of carbonyl (C=O) groups is 2. The van der Waals surface area contributed by atoms with Gasteiger partial charge in [0.1, 0.15) is 29.5 Å². The van der Waals surface area contributed by atoms with Crippen LogP contribution in [0.4, 0.5) is 13.2 Å². The van der Waals surface area contributed by atoms with Crippen LogP contribution in [-0.4, -0.2) is 18.7 Å². The SMILES string of the molecule is O=Cc1cc(F)cc(OCC(=O)c2c(F)cccc2F)c1. The van der Waals surface area contributed by atoms with Crippen LogP contribution in [-0.2, 0) is 0 Å². The van der Waals surface area contributed by atoms with Gasteiger partial charge in [-0.15, -0.1) is 0 Å². The van der Waals surface area contributed by atoms with Crippen LogP contribution in [0.1, 0.15) is 20.7 Å². The molecule has 0 saturated carbocycles. The fraction of sp³-hybridized carbons (Fsp3) is 0.0667. The first-order valence-electron chi connectivity index (χ1n) is 5.87. The molecule has 6 heteroatoms. The zero-order valence-electron chi connectivity index (χ0n) is 10.6. The van der Waals surface area contributed by atoms with Gasteiger partial charge < -0.3 is 4.74 Å². The van der Waals surface area contributed by atoms with Crippen molar-refractivity contribution in [1.82, 2.24) is 0 Å². The number of benzene rings is 2. The van der Waals surface area contributed by atoms with Crippen molar-refractivity contribution in [2.75, 3.05) is 6.61 Å². The zero-order chi connectivity index (χ0) is 15.4. The average Bonchev–Trinajstić information content (AvgIpc) is 2.44. The minimum atomic E-state index is -1.00. The lowest BCUT2D eigenvalue weighted by atomic mass is 10.1.